The topological polar surface area (TPSA) is 63.0 Å². The van der Waals surface area contributed by atoms with Gasteiger partial charge >= 0.3 is 6.18 Å². The van der Waals surface area contributed by atoms with Gasteiger partial charge < -0.3 is 9.80 Å². The Morgan fingerprint density at radius 3 is 2.19 bits per heavy atom. The minimum atomic E-state index is -4.43. The molecule has 0 aromatic carbocycles. The molecule has 2 saturated heterocycles. The molecule has 5 heterocycles. The molecular weight excluding hydrogens is 407 g/mol. The van der Waals surface area contributed by atoms with Gasteiger partial charge in [0.25, 0.3) is 0 Å². The van der Waals surface area contributed by atoms with Crippen molar-refractivity contribution in [3.8, 4) is 5.82 Å². The maximum Gasteiger partial charge on any atom is 0.433 e. The maximum absolute atomic E-state index is 13.0. The van der Waals surface area contributed by atoms with E-state index in [0.717, 1.165) is 55.3 Å². The molecular formula is C21H22F3N7. The van der Waals surface area contributed by atoms with Gasteiger partial charge in [-0.05, 0) is 32.0 Å². The van der Waals surface area contributed by atoms with Crippen LogP contribution in [0.4, 0.5) is 24.7 Å². The highest BCUT2D eigenvalue weighted by atomic mass is 19.4. The average molecular weight is 429 g/mol. The van der Waals surface area contributed by atoms with Gasteiger partial charge in [0.05, 0.1) is 5.69 Å². The van der Waals surface area contributed by atoms with Crippen molar-refractivity contribution in [1.29, 1.82) is 0 Å². The van der Waals surface area contributed by atoms with Crippen molar-refractivity contribution in [2.45, 2.75) is 20.0 Å². The molecule has 2 aliphatic heterocycles. The zero-order chi connectivity index (χ0) is 21.8. The molecule has 0 saturated carbocycles. The zero-order valence-corrected chi connectivity index (χ0v) is 17.2. The van der Waals surface area contributed by atoms with Crippen LogP contribution in [0.1, 0.15) is 17.1 Å². The van der Waals surface area contributed by atoms with Crippen molar-refractivity contribution < 1.29 is 13.2 Å². The van der Waals surface area contributed by atoms with Gasteiger partial charge in [0.2, 0.25) is 0 Å². The molecule has 2 unspecified atom stereocenters. The second-order valence-electron chi connectivity index (χ2n) is 8.30. The summed E-state index contributed by atoms with van der Waals surface area (Å²) in [4.78, 5) is 16.5. The molecule has 2 aliphatic rings. The predicted octanol–water partition coefficient (Wildman–Crippen LogP) is 3.27. The standard InChI is InChI=1S/C21H22F3N7/c1-13-5-14(2)31(28-13)20-7-19(26-12-27-20)30-10-15-8-29(9-16(15)11-30)17-3-4-25-18(6-17)21(22,23)24/h3-7,12,15-16H,8-11H2,1-2H3. The molecule has 0 bridgehead atoms. The van der Waals surface area contributed by atoms with Gasteiger partial charge in [0, 0.05) is 61.7 Å². The fourth-order valence-electron chi connectivity index (χ4n) is 4.65. The van der Waals surface area contributed by atoms with Gasteiger partial charge in [-0.2, -0.15) is 18.3 Å². The van der Waals surface area contributed by atoms with Crippen molar-refractivity contribution in [3.63, 3.8) is 0 Å². The molecule has 162 valence electrons. The fourth-order valence-corrected chi connectivity index (χ4v) is 4.65. The summed E-state index contributed by atoms with van der Waals surface area (Å²) >= 11 is 0. The van der Waals surface area contributed by atoms with E-state index in [4.69, 9.17) is 0 Å². The highest BCUT2D eigenvalue weighted by Crippen LogP contribution is 2.37. The second kappa shape index (κ2) is 7.21. The van der Waals surface area contributed by atoms with Crippen LogP contribution in [0.5, 0.6) is 0 Å². The SMILES string of the molecule is Cc1cc(C)n(-c2cc(N3CC4CN(c5ccnc(C(F)(F)F)c5)CC4C3)ncn2)n1. The van der Waals surface area contributed by atoms with Crippen molar-refractivity contribution in [1.82, 2.24) is 24.7 Å². The second-order valence-corrected chi connectivity index (χ2v) is 8.30. The third-order valence-corrected chi connectivity index (χ3v) is 6.07. The van der Waals surface area contributed by atoms with E-state index in [1.54, 1.807) is 17.1 Å². The maximum atomic E-state index is 13.0. The smallest absolute Gasteiger partial charge is 0.371 e. The van der Waals surface area contributed by atoms with Crippen LogP contribution in [0.2, 0.25) is 0 Å². The van der Waals surface area contributed by atoms with Gasteiger partial charge in [-0.3, -0.25) is 4.98 Å². The van der Waals surface area contributed by atoms with E-state index in [-0.39, 0.29) is 0 Å². The van der Waals surface area contributed by atoms with Crippen molar-refractivity contribution in [2.24, 2.45) is 11.8 Å². The number of hydrogen-bond donors (Lipinski definition) is 0. The molecule has 0 spiro atoms. The lowest BCUT2D eigenvalue weighted by molar-refractivity contribution is -0.141. The Labute approximate surface area is 177 Å². The summed E-state index contributed by atoms with van der Waals surface area (Å²) in [7, 11) is 0. The molecule has 31 heavy (non-hydrogen) atoms. The molecule has 2 atom stereocenters. The van der Waals surface area contributed by atoms with E-state index in [1.165, 1.54) is 6.20 Å². The summed E-state index contributed by atoms with van der Waals surface area (Å²) in [6.07, 6.45) is -1.64. The molecule has 0 radical (unpaired) electrons. The van der Waals surface area contributed by atoms with Crippen LogP contribution in [-0.2, 0) is 6.18 Å². The Kier molecular flexibility index (Phi) is 4.60. The third-order valence-electron chi connectivity index (χ3n) is 6.07. The van der Waals surface area contributed by atoms with Crippen molar-refractivity contribution >= 4 is 11.5 Å². The number of aromatic nitrogens is 5. The van der Waals surface area contributed by atoms with E-state index < -0.39 is 11.9 Å². The molecule has 10 heteroatoms. The summed E-state index contributed by atoms with van der Waals surface area (Å²) in [6.45, 7) is 6.99. The highest BCUT2D eigenvalue weighted by molar-refractivity contribution is 5.51. The lowest BCUT2D eigenvalue weighted by Gasteiger charge is -2.24. The first kappa shape index (κ1) is 19.8. The number of rotatable bonds is 3. The van der Waals surface area contributed by atoms with Gasteiger partial charge in [0.1, 0.15) is 17.8 Å². The van der Waals surface area contributed by atoms with Gasteiger partial charge in [-0.15, -0.1) is 0 Å². The summed E-state index contributed by atoms with van der Waals surface area (Å²) in [5.74, 6) is 2.32. The Hall–Kier alpha value is -3.17. The predicted molar refractivity (Wildman–Crippen MR) is 109 cm³/mol. The van der Waals surface area contributed by atoms with Crippen LogP contribution in [0.3, 0.4) is 0 Å². The number of aryl methyl sites for hydroxylation is 2. The Morgan fingerprint density at radius 2 is 1.55 bits per heavy atom. The summed E-state index contributed by atoms with van der Waals surface area (Å²) in [5.41, 5.74) is 1.67. The number of hydrogen-bond acceptors (Lipinski definition) is 6. The van der Waals surface area contributed by atoms with Crippen LogP contribution in [-0.4, -0.2) is 50.9 Å². The van der Waals surface area contributed by atoms with Gasteiger partial charge in [-0.25, -0.2) is 14.6 Å². The zero-order valence-electron chi connectivity index (χ0n) is 17.2. The highest BCUT2D eigenvalue weighted by Gasteiger charge is 2.41. The minimum Gasteiger partial charge on any atom is -0.371 e. The summed E-state index contributed by atoms with van der Waals surface area (Å²) in [5, 5.41) is 4.49. The molecule has 3 aromatic heterocycles. The Balaban J connectivity index is 1.30. The number of alkyl halides is 3. The van der Waals surface area contributed by atoms with Crippen molar-refractivity contribution in [3.05, 3.63) is 53.9 Å². The van der Waals surface area contributed by atoms with Crippen LogP contribution in [0.15, 0.2) is 36.8 Å². The first-order chi connectivity index (χ1) is 14.8. The van der Waals surface area contributed by atoms with Gasteiger partial charge in [0.15, 0.2) is 5.82 Å². The van der Waals surface area contributed by atoms with Crippen LogP contribution in [0.25, 0.3) is 5.82 Å². The Bertz CT molecular complexity index is 1100. The molecule has 3 aromatic rings. The fraction of sp³-hybridized carbons (Fsp3) is 0.429. The van der Waals surface area contributed by atoms with E-state index in [1.807, 2.05) is 30.9 Å². The quantitative estimate of drug-likeness (QED) is 0.637. The van der Waals surface area contributed by atoms with E-state index in [0.29, 0.717) is 17.5 Å². The minimum absolute atomic E-state index is 0.370. The monoisotopic (exact) mass is 429 g/mol. The van der Waals surface area contributed by atoms with E-state index >= 15 is 0 Å². The normalized spacial score (nSPS) is 21.1. The molecule has 0 N–H and O–H groups in total. The average Bonchev–Trinajstić information content (AvgIpc) is 3.40. The summed E-state index contributed by atoms with van der Waals surface area (Å²) in [6, 6.07) is 6.74. The lowest BCUT2D eigenvalue weighted by atomic mass is 10.0. The first-order valence-corrected chi connectivity index (χ1v) is 10.2. The largest absolute Gasteiger partial charge is 0.433 e. The first-order valence-electron chi connectivity index (χ1n) is 10.2. The lowest BCUT2D eigenvalue weighted by Crippen LogP contribution is -2.29. The van der Waals surface area contributed by atoms with Crippen molar-refractivity contribution in [2.75, 3.05) is 36.0 Å². The van der Waals surface area contributed by atoms with Crippen LogP contribution in [0, 0.1) is 25.7 Å². The number of pyridine rings is 1. The number of halogens is 3. The molecule has 7 nitrogen and oxygen atoms in total. The van der Waals surface area contributed by atoms with Crippen LogP contribution < -0.4 is 9.80 Å². The summed E-state index contributed by atoms with van der Waals surface area (Å²) < 4.78 is 40.8. The number of fused-ring (bicyclic) bond motifs is 1. The van der Waals surface area contributed by atoms with E-state index in [2.05, 4.69) is 25.0 Å². The van der Waals surface area contributed by atoms with Gasteiger partial charge in [-0.1, -0.05) is 0 Å². The molecule has 5 rings (SSSR count). The molecule has 0 aliphatic carbocycles. The van der Waals surface area contributed by atoms with E-state index in [9.17, 15) is 13.2 Å². The molecule has 0 amide bonds. The number of nitrogens with zero attached hydrogens (tertiary/aromatic N) is 7. The Morgan fingerprint density at radius 1 is 0.871 bits per heavy atom. The number of anilines is 2. The molecule has 2 fully saturated rings. The van der Waals surface area contributed by atoms with Crippen LogP contribution >= 0.6 is 0 Å². The third kappa shape index (κ3) is 3.70.